The molecule has 4 fully saturated rings. The maximum atomic E-state index is 14.9. The fourth-order valence-electron chi connectivity index (χ4n) is 15.7. The molecule has 2 aromatic carbocycles. The number of rotatable bonds is 51. The summed E-state index contributed by atoms with van der Waals surface area (Å²) in [6, 6.07) is -7.31. The van der Waals surface area contributed by atoms with Crippen molar-refractivity contribution in [2.75, 3.05) is 59.0 Å². The highest BCUT2D eigenvalue weighted by Gasteiger charge is 2.48. The van der Waals surface area contributed by atoms with Gasteiger partial charge in [0.1, 0.15) is 96.4 Å². The Morgan fingerprint density at radius 1 is 0.410 bits per heavy atom. The molecule has 0 saturated carbocycles. The molecular formula is C88H131N19O27. The molecule has 22 N–H and O–H groups in total. The number of nitrogens with one attached hydrogen (secondary N) is 14. The Kier molecular flexibility index (Phi) is 42.9. The molecule has 0 radical (unpaired) electrons. The third-order valence-electron chi connectivity index (χ3n) is 23.3. The maximum Gasteiger partial charge on any atom is 0.326 e. The van der Waals surface area contributed by atoms with Crippen molar-refractivity contribution in [1.29, 1.82) is 0 Å². The molecule has 4 saturated heterocycles. The molecule has 0 aliphatic carbocycles. The van der Waals surface area contributed by atoms with Crippen molar-refractivity contribution >= 4 is 124 Å². The number of hydrogen-bond acceptors (Lipinski definition) is 25. The Balaban J connectivity index is 1.04. The number of carboxylic acids is 3. The standard InChI is InChI=1S/C88H131N19O27/c1-11-48(6)71(103-79(125)59(39-51-19-13-12-14-20-51)97-72(118)49(7)94-87(134)88(9,10)89)82(128)96-55(30-32-70(116)117)75(121)100-58(40-52-25-27-53(110)28-26-52)78(124)99-57(38-47(4)5)77(123)98-56(37-46(2)3)76(122)95-54(29-31-69(114)115)73(119)91-41-66(111)90-43-68(113)104-33-15-21-62(104)81(127)102-61(45-109)80(126)101-60(44-108)74(120)92-42-67(112)93-50(8)83(129)105-34-16-22-63(105)84(130)106-35-17-23-64(106)85(131)107-36-18-24-65(107)86(132)133/h12-14,19-20,25-28,46-50,54-65,71,108-110H,11,15-18,21-24,29-45,89H2,1-10H3,(H,90,111)(H,91,119)(H,92,120)(H,93,112)(H,94,134)(H,95,122)(H,96,128)(H,97,118)(H,98,123)(H,99,124)(H,100,121)(H,101,126)(H,102,127)(H,103,125)(H,114,115)(H,116,117)(H,132,133)/t48-,49-,50-,54-,55-,56-,57-,58-,59-,60-,61-,62-,63-,64-,65-,71-/m0/s1. The number of aliphatic hydroxyl groups is 2. The molecule has 6 rings (SSSR count). The van der Waals surface area contributed by atoms with Crippen molar-refractivity contribution in [2.45, 2.75) is 275 Å². The molecule has 0 bridgehead atoms. The molecule has 46 heteroatoms. The van der Waals surface area contributed by atoms with Crippen LogP contribution in [0.15, 0.2) is 54.6 Å². The second-order valence-corrected chi connectivity index (χ2v) is 35.5. The molecule has 2 aromatic rings. The van der Waals surface area contributed by atoms with Gasteiger partial charge in [-0.3, -0.25) is 95.9 Å². The number of nitrogens with zero attached hydrogens (tertiary/aromatic N) is 4. The molecule has 16 atom stereocenters. The van der Waals surface area contributed by atoms with Gasteiger partial charge in [-0.2, -0.15) is 0 Å². The predicted molar refractivity (Wildman–Crippen MR) is 475 cm³/mol. The fraction of sp³-hybridized carbons (Fsp3) is 0.625. The molecule has 0 unspecified atom stereocenters. The topological polar surface area (TPSA) is 687 Å². The Bertz CT molecular complexity index is 4530. The summed E-state index contributed by atoms with van der Waals surface area (Å²) >= 11 is 0. The van der Waals surface area contributed by atoms with Gasteiger partial charge in [-0.05, 0) is 146 Å². The van der Waals surface area contributed by atoms with Crippen molar-refractivity contribution in [1.82, 2.24) is 94.0 Å². The van der Waals surface area contributed by atoms with E-state index in [0.717, 1.165) is 4.90 Å². The number of carboxylic acid groups (broad SMARTS) is 3. The van der Waals surface area contributed by atoms with E-state index in [1.807, 2.05) is 0 Å². The Morgan fingerprint density at radius 3 is 1.32 bits per heavy atom. The zero-order valence-electron chi connectivity index (χ0n) is 77.1. The van der Waals surface area contributed by atoms with E-state index in [1.165, 1.54) is 66.7 Å². The lowest BCUT2D eigenvalue weighted by atomic mass is 9.96. The first-order valence-corrected chi connectivity index (χ1v) is 45.0. The first kappa shape index (κ1) is 110. The van der Waals surface area contributed by atoms with E-state index in [9.17, 15) is 131 Å². The summed E-state index contributed by atoms with van der Waals surface area (Å²) < 4.78 is 0. The quantitative estimate of drug-likeness (QED) is 0.0294. The largest absolute Gasteiger partial charge is 0.508 e. The highest BCUT2D eigenvalue weighted by Crippen LogP contribution is 2.30. The van der Waals surface area contributed by atoms with Crippen LogP contribution in [0.25, 0.3) is 0 Å². The van der Waals surface area contributed by atoms with Gasteiger partial charge in [0.05, 0.1) is 38.4 Å². The maximum absolute atomic E-state index is 14.9. The monoisotopic (exact) mass is 1890 g/mol. The number of aliphatic carboxylic acids is 3. The van der Waals surface area contributed by atoms with Crippen LogP contribution in [0.3, 0.4) is 0 Å². The van der Waals surface area contributed by atoms with Crippen LogP contribution in [0.1, 0.15) is 177 Å². The van der Waals surface area contributed by atoms with Crippen LogP contribution in [0.2, 0.25) is 0 Å². The third kappa shape index (κ3) is 33.6. The van der Waals surface area contributed by atoms with Crippen LogP contribution in [-0.2, 0) is 114 Å². The van der Waals surface area contributed by atoms with Gasteiger partial charge in [0, 0.05) is 51.9 Å². The number of phenolic OH excluding ortho intramolecular Hbond substituents is 1. The zero-order valence-corrected chi connectivity index (χ0v) is 77.1. The number of amides is 18. The van der Waals surface area contributed by atoms with Crippen LogP contribution < -0.4 is 80.2 Å². The number of aliphatic hydroxyl groups excluding tert-OH is 2. The van der Waals surface area contributed by atoms with Crippen LogP contribution in [0.4, 0.5) is 0 Å². The van der Waals surface area contributed by atoms with E-state index in [4.69, 9.17) is 5.73 Å². The molecule has 4 aliphatic rings. The first-order valence-electron chi connectivity index (χ1n) is 45.0. The number of hydrogen-bond donors (Lipinski definition) is 21. The summed E-state index contributed by atoms with van der Waals surface area (Å²) in [7, 11) is 0. The van der Waals surface area contributed by atoms with Crippen molar-refractivity contribution in [2.24, 2.45) is 23.5 Å². The SMILES string of the molecule is CC[C@H](C)[C@H](NC(=O)[C@H](Cc1ccccc1)NC(=O)[C@H](C)NC(=O)C(C)(C)N)C(=O)N[C@@H](CCC(=O)O)C(=O)N[C@@H](Cc1ccc(O)cc1)C(=O)N[C@@H](CC(C)C)C(=O)N[C@@H](CC(C)C)C(=O)N[C@@H](CCC(=O)O)C(=O)NCC(=O)NCC(=O)N1CCC[C@H]1C(=O)N[C@@H](CO)C(=O)N[C@@H](CO)C(=O)NCC(=O)N[C@@H](C)C(=O)N1CCC[C@H]1C(=O)N1CCC[C@H]1C(=O)N1CCC[C@H]1C(=O)O. The second kappa shape index (κ2) is 52.4. The molecule has 134 heavy (non-hydrogen) atoms. The highest BCUT2D eigenvalue weighted by atomic mass is 16.4. The van der Waals surface area contributed by atoms with Crippen LogP contribution >= 0.6 is 0 Å². The normalized spacial score (nSPS) is 18.6. The number of phenols is 1. The van der Waals surface area contributed by atoms with Gasteiger partial charge in [-0.25, -0.2) is 4.79 Å². The van der Waals surface area contributed by atoms with Crippen molar-refractivity contribution in [3.05, 3.63) is 65.7 Å². The van der Waals surface area contributed by atoms with E-state index in [-0.39, 0.29) is 95.6 Å². The summed E-state index contributed by atoms with van der Waals surface area (Å²) in [6.45, 7) is 11.6. The van der Waals surface area contributed by atoms with Gasteiger partial charge in [0.2, 0.25) is 106 Å². The van der Waals surface area contributed by atoms with Gasteiger partial charge in [0.25, 0.3) is 0 Å². The van der Waals surface area contributed by atoms with Crippen LogP contribution in [0, 0.1) is 17.8 Å². The van der Waals surface area contributed by atoms with Crippen molar-refractivity contribution in [3.63, 3.8) is 0 Å². The lowest BCUT2D eigenvalue weighted by Gasteiger charge is -2.34. The van der Waals surface area contributed by atoms with E-state index >= 15 is 0 Å². The molecule has 0 spiro atoms. The zero-order chi connectivity index (χ0) is 99.7. The molecule has 46 nitrogen and oxygen atoms in total. The first-order chi connectivity index (χ1) is 63.2. The number of aromatic hydroxyl groups is 1. The molecule has 4 aliphatic heterocycles. The van der Waals surface area contributed by atoms with Crippen molar-refractivity contribution in [3.8, 4) is 5.75 Å². The lowest BCUT2D eigenvalue weighted by molar-refractivity contribution is -0.153. The third-order valence-corrected chi connectivity index (χ3v) is 23.3. The van der Waals surface area contributed by atoms with Gasteiger partial charge < -0.3 is 130 Å². The van der Waals surface area contributed by atoms with Gasteiger partial charge in [0.15, 0.2) is 0 Å². The molecule has 740 valence electrons. The predicted octanol–water partition coefficient (Wildman–Crippen LogP) is -5.46. The van der Waals surface area contributed by atoms with Gasteiger partial charge in [-0.1, -0.05) is 90.4 Å². The van der Waals surface area contributed by atoms with Gasteiger partial charge >= 0.3 is 17.9 Å². The second-order valence-electron chi connectivity index (χ2n) is 35.5. The minimum absolute atomic E-state index is 0.0142. The number of nitrogens with two attached hydrogens (primary N) is 1. The summed E-state index contributed by atoms with van der Waals surface area (Å²) in [5.41, 5.74) is 5.48. The minimum atomic E-state index is -1.80. The molecular weight excluding hydrogens is 1760 g/mol. The molecule has 4 heterocycles. The smallest absolute Gasteiger partial charge is 0.326 e. The van der Waals surface area contributed by atoms with Crippen molar-refractivity contribution < 1.29 is 131 Å². The minimum Gasteiger partial charge on any atom is -0.508 e. The number of likely N-dealkylation sites (tertiary alicyclic amines) is 4. The summed E-state index contributed by atoms with van der Waals surface area (Å²) in [5, 5.41) is 94.2. The lowest BCUT2D eigenvalue weighted by Crippen LogP contribution is -2.61. The van der Waals surface area contributed by atoms with E-state index < -0.39 is 291 Å². The highest BCUT2D eigenvalue weighted by molar-refractivity contribution is 6.02. The van der Waals surface area contributed by atoms with Gasteiger partial charge in [-0.15, -0.1) is 0 Å². The van der Waals surface area contributed by atoms with E-state index in [0.29, 0.717) is 36.8 Å². The van der Waals surface area contributed by atoms with E-state index in [2.05, 4.69) is 74.4 Å². The Hall–Kier alpha value is -13.0. The fourth-order valence-corrected chi connectivity index (χ4v) is 15.7. The number of carbonyl (C=O) groups is 21. The van der Waals surface area contributed by atoms with E-state index in [1.54, 1.807) is 71.9 Å². The number of carbonyl (C=O) groups excluding carboxylic acids is 18. The summed E-state index contributed by atoms with van der Waals surface area (Å²) in [6.07, 6.45) is -0.623. The summed E-state index contributed by atoms with van der Waals surface area (Å²) in [4.78, 5) is 291. The molecule has 18 amide bonds. The Labute approximate surface area is 774 Å². The molecule has 0 aromatic heterocycles. The number of benzene rings is 2. The Morgan fingerprint density at radius 2 is 0.813 bits per heavy atom. The van der Waals surface area contributed by atoms with Crippen LogP contribution in [-0.4, -0.2) is 330 Å². The summed E-state index contributed by atoms with van der Waals surface area (Å²) in [5.74, 6) is -21.8. The average Bonchev–Trinajstić information content (AvgIpc) is 1.63. The average molecular weight is 1890 g/mol. The van der Waals surface area contributed by atoms with Crippen LogP contribution in [0.5, 0.6) is 5.75 Å².